The van der Waals surface area contributed by atoms with E-state index in [9.17, 15) is 24.0 Å². The molecule has 6 heterocycles. The largest absolute Gasteiger partial charge is 0.457 e. The Balaban J connectivity index is 0.919. The number of nitrogens with zero attached hydrogens (tertiary/aromatic N) is 2. The number of cyclic esters (lactones) is 1. The second-order valence-corrected chi connectivity index (χ2v) is 15.1. The van der Waals surface area contributed by atoms with Gasteiger partial charge in [0.05, 0.1) is 41.1 Å². The van der Waals surface area contributed by atoms with E-state index < -0.39 is 17.5 Å². The molecule has 0 unspecified atom stereocenters. The summed E-state index contributed by atoms with van der Waals surface area (Å²) in [5.74, 6) is -0.268. The summed E-state index contributed by atoms with van der Waals surface area (Å²) in [6, 6.07) is 10.1. The maximum Gasteiger partial charge on any atom is 0.355 e. The van der Waals surface area contributed by atoms with Crippen molar-refractivity contribution >= 4 is 46.5 Å². The van der Waals surface area contributed by atoms with Crippen molar-refractivity contribution in [2.45, 2.75) is 114 Å². The van der Waals surface area contributed by atoms with E-state index in [4.69, 9.17) is 14.5 Å². The van der Waals surface area contributed by atoms with Gasteiger partial charge in [-0.1, -0.05) is 44.9 Å². The Morgan fingerprint density at radius 3 is 2.71 bits per heavy atom. The molecule has 3 amide bonds. The molecule has 270 valence electrons. The number of fused-ring (bicyclic) bond motifs is 6. The number of pyridine rings is 2. The van der Waals surface area contributed by atoms with Gasteiger partial charge in [0.15, 0.2) is 0 Å². The Kier molecular flexibility index (Phi) is 10.1. The van der Waals surface area contributed by atoms with E-state index >= 15 is 0 Å². The van der Waals surface area contributed by atoms with Crippen LogP contribution in [-0.2, 0) is 49.0 Å². The molecule has 2 fully saturated rings. The van der Waals surface area contributed by atoms with E-state index in [-0.39, 0.29) is 49.0 Å². The van der Waals surface area contributed by atoms with Crippen molar-refractivity contribution in [2.24, 2.45) is 0 Å². The summed E-state index contributed by atoms with van der Waals surface area (Å²) in [6.07, 6.45) is 6.09. The zero-order chi connectivity index (χ0) is 35.7. The number of nitrogens with one attached hydrogen (secondary N) is 3. The lowest BCUT2D eigenvalue weighted by Crippen LogP contribution is -2.47. The maximum atomic E-state index is 13.9. The molecule has 12 nitrogen and oxygen atoms in total. The number of aromatic nitrogens is 2. The highest BCUT2D eigenvalue weighted by Crippen LogP contribution is 2.42. The summed E-state index contributed by atoms with van der Waals surface area (Å²) in [5, 5.41) is 10.4. The van der Waals surface area contributed by atoms with E-state index in [2.05, 4.69) is 22.9 Å². The van der Waals surface area contributed by atoms with Gasteiger partial charge in [0.1, 0.15) is 6.61 Å². The fraction of sp³-hybridized carbons (Fsp3) is 0.526. The van der Waals surface area contributed by atoms with E-state index in [0.29, 0.717) is 66.5 Å². The summed E-state index contributed by atoms with van der Waals surface area (Å²) >= 11 is 1.88. The molecule has 51 heavy (non-hydrogen) atoms. The van der Waals surface area contributed by atoms with Crippen molar-refractivity contribution in [1.29, 1.82) is 0 Å². The lowest BCUT2D eigenvalue weighted by Gasteiger charge is -2.35. The van der Waals surface area contributed by atoms with Crippen LogP contribution in [-0.4, -0.2) is 63.1 Å². The fourth-order valence-corrected chi connectivity index (χ4v) is 9.62. The van der Waals surface area contributed by atoms with Crippen LogP contribution >= 0.6 is 11.8 Å². The van der Waals surface area contributed by atoms with Gasteiger partial charge in [-0.15, -0.1) is 0 Å². The molecule has 3 N–H and O–H groups in total. The predicted molar refractivity (Wildman–Crippen MR) is 193 cm³/mol. The Hall–Kier alpha value is -4.39. The van der Waals surface area contributed by atoms with Crippen LogP contribution in [0.4, 0.5) is 4.79 Å². The zero-order valence-corrected chi connectivity index (χ0v) is 30.0. The number of benzene rings is 1. The molecule has 3 aromatic rings. The molecular formula is C38H45N5O7S. The smallest absolute Gasteiger partial charge is 0.355 e. The van der Waals surface area contributed by atoms with Gasteiger partial charge in [-0.3, -0.25) is 14.4 Å². The SMILES string of the molecule is CCc1c2c(nc3ccccc13)-c1cc3c(c(=O)n1C2)COC(=O)[C@@]3(CC)OC(=O)CCCCCNC(=O)CCCC[C@@H]1SC[C@@H]2NC(=O)N[C@@H]21. The Morgan fingerprint density at radius 1 is 1.06 bits per heavy atom. The Morgan fingerprint density at radius 2 is 1.88 bits per heavy atom. The normalized spacial score (nSPS) is 22.7. The molecule has 0 radical (unpaired) electrons. The Labute approximate surface area is 300 Å². The van der Waals surface area contributed by atoms with Crippen molar-refractivity contribution in [3.8, 4) is 11.4 Å². The van der Waals surface area contributed by atoms with Crippen molar-refractivity contribution < 1.29 is 28.7 Å². The highest BCUT2D eigenvalue weighted by molar-refractivity contribution is 8.00. The molecule has 4 aliphatic rings. The first-order valence-electron chi connectivity index (χ1n) is 18.3. The summed E-state index contributed by atoms with van der Waals surface area (Å²) < 4.78 is 13.2. The number of aryl methyl sites for hydroxylation is 1. The molecule has 0 aliphatic carbocycles. The monoisotopic (exact) mass is 715 g/mol. The van der Waals surface area contributed by atoms with E-state index in [1.165, 1.54) is 0 Å². The van der Waals surface area contributed by atoms with Crippen LogP contribution in [0.1, 0.15) is 93.9 Å². The van der Waals surface area contributed by atoms with Gasteiger partial charge in [0, 0.05) is 46.9 Å². The lowest BCUT2D eigenvalue weighted by atomic mass is 9.85. The number of unbranched alkanes of at least 4 members (excludes halogenated alkanes) is 3. The van der Waals surface area contributed by atoms with Gasteiger partial charge in [-0.05, 0) is 56.2 Å². The van der Waals surface area contributed by atoms with Crippen LogP contribution in [0.3, 0.4) is 0 Å². The molecule has 4 atom stereocenters. The second kappa shape index (κ2) is 14.7. The molecule has 7 rings (SSSR count). The lowest BCUT2D eigenvalue weighted by molar-refractivity contribution is -0.189. The van der Waals surface area contributed by atoms with E-state index in [1.807, 2.05) is 36.0 Å². The topological polar surface area (TPSA) is 158 Å². The number of hydrogen-bond donors (Lipinski definition) is 3. The van der Waals surface area contributed by atoms with Gasteiger partial charge in [-0.25, -0.2) is 14.6 Å². The summed E-state index contributed by atoms with van der Waals surface area (Å²) in [6.45, 7) is 4.57. The molecule has 2 saturated heterocycles. The first-order chi connectivity index (χ1) is 24.7. The Bertz CT molecular complexity index is 1950. The molecule has 0 saturated carbocycles. The van der Waals surface area contributed by atoms with Crippen molar-refractivity contribution in [2.75, 3.05) is 12.3 Å². The van der Waals surface area contributed by atoms with Crippen LogP contribution in [0.15, 0.2) is 35.1 Å². The summed E-state index contributed by atoms with van der Waals surface area (Å²) in [5.41, 5.74) is 3.02. The predicted octanol–water partition coefficient (Wildman–Crippen LogP) is 4.60. The molecule has 2 aromatic heterocycles. The van der Waals surface area contributed by atoms with Crippen LogP contribution < -0.4 is 21.5 Å². The summed E-state index contributed by atoms with van der Waals surface area (Å²) in [7, 11) is 0. The number of ether oxygens (including phenoxy) is 2. The first kappa shape index (κ1) is 35.0. The molecule has 4 aliphatic heterocycles. The highest BCUT2D eigenvalue weighted by atomic mass is 32.2. The third-order valence-corrected chi connectivity index (χ3v) is 12.3. The summed E-state index contributed by atoms with van der Waals surface area (Å²) in [4.78, 5) is 69.4. The number of para-hydroxylation sites is 1. The quantitative estimate of drug-likeness (QED) is 0.0965. The third-order valence-electron chi connectivity index (χ3n) is 10.8. The van der Waals surface area contributed by atoms with Gasteiger partial charge in [0.2, 0.25) is 11.5 Å². The van der Waals surface area contributed by atoms with Gasteiger partial charge in [0.25, 0.3) is 5.56 Å². The average molecular weight is 716 g/mol. The van der Waals surface area contributed by atoms with Crippen LogP contribution in [0.2, 0.25) is 0 Å². The first-order valence-corrected chi connectivity index (χ1v) is 19.3. The van der Waals surface area contributed by atoms with Crippen molar-refractivity contribution in [3.63, 3.8) is 0 Å². The van der Waals surface area contributed by atoms with Crippen molar-refractivity contribution in [1.82, 2.24) is 25.5 Å². The van der Waals surface area contributed by atoms with Crippen LogP contribution in [0.5, 0.6) is 0 Å². The maximum absolute atomic E-state index is 13.9. The van der Waals surface area contributed by atoms with E-state index in [1.54, 1.807) is 17.6 Å². The number of carbonyl (C=O) groups is 4. The van der Waals surface area contributed by atoms with Gasteiger partial charge < -0.3 is 30.0 Å². The minimum absolute atomic E-state index is 0.0147. The number of urea groups is 1. The van der Waals surface area contributed by atoms with Gasteiger partial charge >= 0.3 is 18.0 Å². The number of amides is 3. The van der Waals surface area contributed by atoms with Crippen LogP contribution in [0.25, 0.3) is 22.3 Å². The second-order valence-electron chi connectivity index (χ2n) is 13.9. The molecular weight excluding hydrogens is 671 g/mol. The fourth-order valence-electron chi connectivity index (χ4n) is 8.08. The number of rotatable bonds is 14. The highest BCUT2D eigenvalue weighted by Gasteiger charge is 2.50. The zero-order valence-electron chi connectivity index (χ0n) is 29.2. The molecule has 13 heteroatoms. The molecule has 1 aromatic carbocycles. The molecule has 0 spiro atoms. The minimum Gasteiger partial charge on any atom is -0.457 e. The number of esters is 2. The van der Waals surface area contributed by atoms with Crippen LogP contribution in [0, 0.1) is 0 Å². The number of carbonyl (C=O) groups excluding carboxylic acids is 4. The van der Waals surface area contributed by atoms with Crippen molar-refractivity contribution in [3.05, 3.63) is 62.9 Å². The van der Waals surface area contributed by atoms with E-state index in [0.717, 1.165) is 53.5 Å². The number of thioether (sulfide) groups is 1. The molecule has 0 bridgehead atoms. The van der Waals surface area contributed by atoms with Gasteiger partial charge in [-0.2, -0.15) is 11.8 Å². The third kappa shape index (κ3) is 6.60. The minimum atomic E-state index is -1.72. The standard InChI is InChI=1S/C38H45N5O7S/c1-3-22-23-12-7-8-13-27(23)40-33-24(22)19-43-29(33)18-26-25(35(43)46)20-49-36(47)38(26,4-2)50-32(45)16-6-5-11-17-39-31(44)15-10-9-14-30-34-28(21-51-30)41-37(48)42-34/h7-8,12-13,18,28,30,34H,3-6,9-11,14-17,19-21H2,1-2H3,(H,39,44)(H2,41,42,48)/t28-,30-,34-,38-/m0/s1. The number of hydrogen-bond acceptors (Lipinski definition) is 9. The average Bonchev–Trinajstić information content (AvgIpc) is 3.81.